The second-order valence-corrected chi connectivity index (χ2v) is 7.19. The summed E-state index contributed by atoms with van der Waals surface area (Å²) in [6, 6.07) is 0. The van der Waals surface area contributed by atoms with Crippen molar-refractivity contribution in [2.24, 2.45) is 5.92 Å². The highest BCUT2D eigenvalue weighted by Crippen LogP contribution is 2.13. The highest BCUT2D eigenvalue weighted by atomic mass is 16.5. The van der Waals surface area contributed by atoms with Gasteiger partial charge in [-0.05, 0) is 12.3 Å². The normalized spacial score (nSPS) is 11.0. The lowest BCUT2D eigenvalue weighted by Crippen LogP contribution is -2.08. The molecule has 0 rings (SSSR count). The summed E-state index contributed by atoms with van der Waals surface area (Å²) in [5, 5.41) is 8.46. The van der Waals surface area contributed by atoms with Crippen LogP contribution in [-0.4, -0.2) is 23.7 Å². The molecular formula is C20H38O4. The molecule has 0 aromatic heterocycles. The third-order valence-electron chi connectivity index (χ3n) is 4.23. The molecule has 0 fully saturated rings. The van der Waals surface area contributed by atoms with Crippen molar-refractivity contribution in [2.45, 2.75) is 104 Å². The number of carboxylic acid groups (broad SMARTS) is 1. The molecule has 0 aliphatic carbocycles. The monoisotopic (exact) mass is 342 g/mol. The van der Waals surface area contributed by atoms with E-state index in [1.165, 1.54) is 64.2 Å². The Morgan fingerprint density at radius 3 is 1.67 bits per heavy atom. The Labute approximate surface area is 148 Å². The fourth-order valence-corrected chi connectivity index (χ4v) is 2.71. The number of esters is 1. The third kappa shape index (κ3) is 19.0. The summed E-state index contributed by atoms with van der Waals surface area (Å²) in [5.74, 6) is -0.508. The van der Waals surface area contributed by atoms with E-state index in [4.69, 9.17) is 9.84 Å². The maximum atomic E-state index is 11.2. The summed E-state index contributed by atoms with van der Waals surface area (Å²) >= 11 is 0. The molecule has 0 radical (unpaired) electrons. The van der Waals surface area contributed by atoms with Gasteiger partial charge in [-0.1, -0.05) is 84.5 Å². The van der Waals surface area contributed by atoms with Crippen LogP contribution in [-0.2, 0) is 14.3 Å². The van der Waals surface area contributed by atoms with Gasteiger partial charge in [0.15, 0.2) is 0 Å². The van der Waals surface area contributed by atoms with Crippen molar-refractivity contribution in [1.29, 1.82) is 0 Å². The molecule has 142 valence electrons. The van der Waals surface area contributed by atoms with Crippen LogP contribution in [0.3, 0.4) is 0 Å². The minimum absolute atomic E-state index is 0.0210. The Morgan fingerprint density at radius 2 is 1.21 bits per heavy atom. The second-order valence-electron chi connectivity index (χ2n) is 7.19. The van der Waals surface area contributed by atoms with Crippen molar-refractivity contribution in [3.05, 3.63) is 0 Å². The summed E-state index contributed by atoms with van der Waals surface area (Å²) in [6.45, 7) is 5.02. The first-order valence-electron chi connectivity index (χ1n) is 9.89. The predicted molar refractivity (Wildman–Crippen MR) is 98.1 cm³/mol. The number of hydrogen-bond acceptors (Lipinski definition) is 3. The molecule has 0 bridgehead atoms. The maximum Gasteiger partial charge on any atom is 0.306 e. The average molecular weight is 343 g/mol. The molecule has 0 heterocycles. The molecule has 0 saturated heterocycles. The van der Waals surface area contributed by atoms with Crippen LogP contribution < -0.4 is 0 Å². The summed E-state index contributed by atoms with van der Waals surface area (Å²) in [5.41, 5.74) is 0. The van der Waals surface area contributed by atoms with Crippen molar-refractivity contribution >= 4 is 11.9 Å². The van der Waals surface area contributed by atoms with E-state index in [2.05, 4.69) is 13.8 Å². The van der Waals surface area contributed by atoms with Gasteiger partial charge in [0, 0.05) is 0 Å². The van der Waals surface area contributed by atoms with Gasteiger partial charge in [0.1, 0.15) is 0 Å². The number of hydrogen-bond donors (Lipinski definition) is 1. The zero-order valence-electron chi connectivity index (χ0n) is 15.9. The maximum absolute atomic E-state index is 11.2. The highest BCUT2D eigenvalue weighted by Gasteiger charge is 2.05. The lowest BCUT2D eigenvalue weighted by atomic mass is 10.0. The zero-order chi connectivity index (χ0) is 18.0. The summed E-state index contributed by atoms with van der Waals surface area (Å²) in [4.78, 5) is 21.5. The van der Waals surface area contributed by atoms with Gasteiger partial charge in [-0.15, -0.1) is 0 Å². The van der Waals surface area contributed by atoms with E-state index in [0.717, 1.165) is 18.8 Å². The quantitative estimate of drug-likeness (QED) is 0.271. The molecule has 0 amide bonds. The van der Waals surface area contributed by atoms with Crippen molar-refractivity contribution in [3.8, 4) is 0 Å². The third-order valence-corrected chi connectivity index (χ3v) is 4.23. The number of rotatable bonds is 17. The lowest BCUT2D eigenvalue weighted by molar-refractivity contribution is -0.147. The van der Waals surface area contributed by atoms with Crippen LogP contribution in [0.2, 0.25) is 0 Å². The Kier molecular flexibility index (Phi) is 16.0. The van der Waals surface area contributed by atoms with Crippen LogP contribution >= 0.6 is 0 Å². The molecule has 24 heavy (non-hydrogen) atoms. The standard InChI is InChI=1S/C20H38O4/c1-18(2)14-12-10-8-6-4-3-5-7-9-11-13-17-24-20(23)16-15-19(21)22/h18H,3-17H2,1-2H3,(H,21,22). The number of unbranched alkanes of at least 4 members (excludes halogenated alkanes) is 10. The molecule has 1 N–H and O–H groups in total. The lowest BCUT2D eigenvalue weighted by Gasteiger charge is -2.05. The first kappa shape index (κ1) is 22.9. The minimum Gasteiger partial charge on any atom is -0.481 e. The van der Waals surface area contributed by atoms with Gasteiger partial charge < -0.3 is 9.84 Å². The van der Waals surface area contributed by atoms with E-state index >= 15 is 0 Å². The number of aliphatic carboxylic acids is 1. The molecule has 0 aliphatic heterocycles. The Bertz CT molecular complexity index is 313. The zero-order valence-corrected chi connectivity index (χ0v) is 15.9. The van der Waals surface area contributed by atoms with Gasteiger partial charge in [-0.25, -0.2) is 0 Å². The molecular weight excluding hydrogens is 304 g/mol. The molecule has 0 aromatic rings. The molecule has 0 aliphatic rings. The highest BCUT2D eigenvalue weighted by molar-refractivity contribution is 5.76. The Balaban J connectivity index is 3.12. The summed E-state index contributed by atoms with van der Waals surface area (Å²) in [6.07, 6.45) is 15.2. The Hall–Kier alpha value is -1.06. The van der Waals surface area contributed by atoms with E-state index in [-0.39, 0.29) is 12.8 Å². The summed E-state index contributed by atoms with van der Waals surface area (Å²) < 4.78 is 5.00. The topological polar surface area (TPSA) is 63.6 Å². The predicted octanol–water partition coefficient (Wildman–Crippen LogP) is 5.73. The van der Waals surface area contributed by atoms with Gasteiger partial charge in [0.2, 0.25) is 0 Å². The molecule has 0 saturated carbocycles. The van der Waals surface area contributed by atoms with Crippen LogP contribution in [0.25, 0.3) is 0 Å². The van der Waals surface area contributed by atoms with E-state index in [0.29, 0.717) is 6.61 Å². The largest absolute Gasteiger partial charge is 0.481 e. The summed E-state index contributed by atoms with van der Waals surface area (Å²) in [7, 11) is 0. The minimum atomic E-state index is -0.956. The van der Waals surface area contributed by atoms with Gasteiger partial charge in [-0.2, -0.15) is 0 Å². The molecule has 0 unspecified atom stereocenters. The fourth-order valence-electron chi connectivity index (χ4n) is 2.71. The van der Waals surface area contributed by atoms with Gasteiger partial charge in [0.05, 0.1) is 19.4 Å². The van der Waals surface area contributed by atoms with E-state index < -0.39 is 11.9 Å². The van der Waals surface area contributed by atoms with Crippen LogP contribution in [0.5, 0.6) is 0 Å². The number of ether oxygens (including phenoxy) is 1. The van der Waals surface area contributed by atoms with E-state index in [1.807, 2.05) is 0 Å². The van der Waals surface area contributed by atoms with Crippen LogP contribution in [0.15, 0.2) is 0 Å². The van der Waals surface area contributed by atoms with Crippen molar-refractivity contribution in [1.82, 2.24) is 0 Å². The molecule has 0 aromatic carbocycles. The van der Waals surface area contributed by atoms with Gasteiger partial charge in [-0.3, -0.25) is 9.59 Å². The SMILES string of the molecule is CC(C)CCCCCCCCCCCCCOC(=O)CCC(=O)O. The number of carbonyl (C=O) groups excluding carboxylic acids is 1. The molecule has 0 atom stereocenters. The number of carbonyl (C=O) groups is 2. The van der Waals surface area contributed by atoms with E-state index in [1.54, 1.807) is 0 Å². The second kappa shape index (κ2) is 16.8. The smallest absolute Gasteiger partial charge is 0.306 e. The van der Waals surface area contributed by atoms with Gasteiger partial charge >= 0.3 is 11.9 Å². The molecule has 4 heteroatoms. The van der Waals surface area contributed by atoms with Crippen LogP contribution in [0.4, 0.5) is 0 Å². The van der Waals surface area contributed by atoms with Crippen LogP contribution in [0.1, 0.15) is 104 Å². The molecule has 4 nitrogen and oxygen atoms in total. The van der Waals surface area contributed by atoms with Crippen LogP contribution in [0, 0.1) is 5.92 Å². The number of carboxylic acids is 1. The first-order valence-corrected chi connectivity index (χ1v) is 9.89. The van der Waals surface area contributed by atoms with Gasteiger partial charge in [0.25, 0.3) is 0 Å². The van der Waals surface area contributed by atoms with Crippen molar-refractivity contribution in [3.63, 3.8) is 0 Å². The van der Waals surface area contributed by atoms with Crippen molar-refractivity contribution in [2.75, 3.05) is 6.61 Å². The Morgan fingerprint density at radius 1 is 0.750 bits per heavy atom. The first-order chi connectivity index (χ1) is 11.5. The van der Waals surface area contributed by atoms with Crippen molar-refractivity contribution < 1.29 is 19.4 Å². The fraction of sp³-hybridized carbons (Fsp3) is 0.900. The molecule has 0 spiro atoms. The van der Waals surface area contributed by atoms with E-state index in [9.17, 15) is 9.59 Å². The average Bonchev–Trinajstić information content (AvgIpc) is 2.52.